The minimum absolute atomic E-state index is 0.190. The SMILES string of the molecule is Cc1ncsc1CN1CCCC(Cc2ncc(C)n2Cc2ccc(F)cc2)C1. The van der Waals surface area contributed by atoms with Gasteiger partial charge < -0.3 is 4.57 Å². The van der Waals surface area contributed by atoms with Gasteiger partial charge in [-0.15, -0.1) is 11.3 Å². The molecule has 0 aliphatic carbocycles. The highest BCUT2D eigenvalue weighted by molar-refractivity contribution is 7.09. The number of rotatable bonds is 6. The second-order valence-corrected chi connectivity index (χ2v) is 8.78. The predicted octanol–water partition coefficient (Wildman–Crippen LogP) is 4.60. The Balaban J connectivity index is 1.42. The van der Waals surface area contributed by atoms with Crippen molar-refractivity contribution >= 4 is 11.3 Å². The molecule has 4 rings (SSSR count). The summed E-state index contributed by atoms with van der Waals surface area (Å²) in [5.74, 6) is 1.57. The topological polar surface area (TPSA) is 34.0 Å². The predicted molar refractivity (Wildman–Crippen MR) is 111 cm³/mol. The molecule has 6 heteroatoms. The fraction of sp³-hybridized carbons (Fsp3) is 0.455. The summed E-state index contributed by atoms with van der Waals surface area (Å²) in [5, 5.41) is 0. The lowest BCUT2D eigenvalue weighted by atomic mass is 9.94. The summed E-state index contributed by atoms with van der Waals surface area (Å²) in [5.41, 5.74) is 5.38. The molecule has 0 amide bonds. The van der Waals surface area contributed by atoms with Crippen LogP contribution in [0.25, 0.3) is 0 Å². The van der Waals surface area contributed by atoms with Crippen LogP contribution in [-0.2, 0) is 19.5 Å². The summed E-state index contributed by atoms with van der Waals surface area (Å²) in [4.78, 5) is 13.0. The lowest BCUT2D eigenvalue weighted by Crippen LogP contribution is -2.36. The van der Waals surface area contributed by atoms with E-state index in [0.717, 1.165) is 55.4 Å². The van der Waals surface area contributed by atoms with Crippen molar-refractivity contribution in [3.63, 3.8) is 0 Å². The number of imidazole rings is 1. The van der Waals surface area contributed by atoms with E-state index in [1.165, 1.54) is 29.9 Å². The summed E-state index contributed by atoms with van der Waals surface area (Å²) >= 11 is 1.76. The van der Waals surface area contributed by atoms with Crippen molar-refractivity contribution < 1.29 is 4.39 Å². The Bertz CT molecular complexity index is 915. The lowest BCUT2D eigenvalue weighted by Gasteiger charge is -2.32. The van der Waals surface area contributed by atoms with Gasteiger partial charge in [-0.05, 0) is 56.8 Å². The Hall–Kier alpha value is -2.05. The minimum atomic E-state index is -0.190. The standard InChI is InChI=1S/C22H27FN4S/c1-16-11-24-22(27(16)13-18-5-7-20(23)8-6-18)10-19-4-3-9-26(12-19)14-21-17(2)25-15-28-21/h5-8,11,15,19H,3-4,9-10,12-14H2,1-2H3. The highest BCUT2D eigenvalue weighted by atomic mass is 32.1. The van der Waals surface area contributed by atoms with Gasteiger partial charge in [0.25, 0.3) is 0 Å². The molecule has 1 aliphatic heterocycles. The molecule has 4 nitrogen and oxygen atoms in total. The van der Waals surface area contributed by atoms with Gasteiger partial charge in [-0.1, -0.05) is 12.1 Å². The number of piperidine rings is 1. The van der Waals surface area contributed by atoms with Crippen LogP contribution in [0.15, 0.2) is 36.0 Å². The van der Waals surface area contributed by atoms with Gasteiger partial charge in [0, 0.05) is 42.8 Å². The first-order chi connectivity index (χ1) is 13.6. The fourth-order valence-corrected chi connectivity index (χ4v) is 4.88. The average Bonchev–Trinajstić information content (AvgIpc) is 3.24. The molecule has 1 aromatic carbocycles. The highest BCUT2D eigenvalue weighted by Crippen LogP contribution is 2.24. The van der Waals surface area contributed by atoms with E-state index in [2.05, 4.69) is 28.3 Å². The first kappa shape index (κ1) is 19.3. The number of benzene rings is 1. The molecule has 0 bridgehead atoms. The summed E-state index contributed by atoms with van der Waals surface area (Å²) in [6.45, 7) is 8.23. The number of likely N-dealkylation sites (tertiary alicyclic amines) is 1. The van der Waals surface area contributed by atoms with Crippen LogP contribution in [0.2, 0.25) is 0 Å². The van der Waals surface area contributed by atoms with Gasteiger partial charge >= 0.3 is 0 Å². The second kappa shape index (κ2) is 8.53. The normalized spacial score (nSPS) is 17.9. The molecule has 3 aromatic rings. The third-order valence-corrected chi connectivity index (χ3v) is 6.60. The maximum absolute atomic E-state index is 13.2. The largest absolute Gasteiger partial charge is 0.328 e. The Morgan fingerprint density at radius 3 is 2.71 bits per heavy atom. The van der Waals surface area contributed by atoms with E-state index in [4.69, 9.17) is 4.98 Å². The van der Waals surface area contributed by atoms with Crippen molar-refractivity contribution in [1.82, 2.24) is 19.4 Å². The molecule has 0 spiro atoms. The molecule has 3 heterocycles. The Morgan fingerprint density at radius 2 is 1.96 bits per heavy atom. The first-order valence-corrected chi connectivity index (χ1v) is 10.8. The number of aryl methyl sites for hydroxylation is 2. The molecule has 0 N–H and O–H groups in total. The third kappa shape index (κ3) is 4.50. The van der Waals surface area contributed by atoms with Crippen molar-refractivity contribution in [2.24, 2.45) is 5.92 Å². The highest BCUT2D eigenvalue weighted by Gasteiger charge is 2.23. The van der Waals surface area contributed by atoms with Crippen LogP contribution < -0.4 is 0 Å². The van der Waals surface area contributed by atoms with Gasteiger partial charge in [-0.3, -0.25) is 4.90 Å². The van der Waals surface area contributed by atoms with Crippen molar-refractivity contribution in [3.8, 4) is 0 Å². The zero-order chi connectivity index (χ0) is 19.5. The van der Waals surface area contributed by atoms with Crippen molar-refractivity contribution in [1.29, 1.82) is 0 Å². The van der Waals surface area contributed by atoms with Crippen LogP contribution in [0.1, 0.15) is 40.5 Å². The molecular formula is C22H27FN4S. The van der Waals surface area contributed by atoms with Crippen LogP contribution in [0.4, 0.5) is 4.39 Å². The monoisotopic (exact) mass is 398 g/mol. The smallest absolute Gasteiger partial charge is 0.123 e. The molecule has 1 atom stereocenters. The van der Waals surface area contributed by atoms with E-state index in [1.807, 2.05) is 23.8 Å². The van der Waals surface area contributed by atoms with E-state index in [-0.39, 0.29) is 5.82 Å². The zero-order valence-corrected chi connectivity index (χ0v) is 17.4. The first-order valence-electron chi connectivity index (χ1n) is 9.95. The number of thiazole rings is 1. The number of halogens is 1. The van der Waals surface area contributed by atoms with Crippen molar-refractivity contribution in [2.45, 2.75) is 46.2 Å². The molecule has 0 saturated carbocycles. The van der Waals surface area contributed by atoms with Gasteiger partial charge in [0.05, 0.1) is 11.2 Å². The van der Waals surface area contributed by atoms with Crippen LogP contribution in [0.5, 0.6) is 0 Å². The zero-order valence-electron chi connectivity index (χ0n) is 16.6. The number of hydrogen-bond acceptors (Lipinski definition) is 4. The van der Waals surface area contributed by atoms with Crippen LogP contribution in [-0.4, -0.2) is 32.5 Å². The van der Waals surface area contributed by atoms with Crippen LogP contribution in [0.3, 0.4) is 0 Å². The maximum atomic E-state index is 13.2. The van der Waals surface area contributed by atoms with E-state index < -0.39 is 0 Å². The molecule has 2 aromatic heterocycles. The molecule has 148 valence electrons. The summed E-state index contributed by atoms with van der Waals surface area (Å²) in [7, 11) is 0. The number of nitrogens with zero attached hydrogens (tertiary/aromatic N) is 4. The molecule has 28 heavy (non-hydrogen) atoms. The van der Waals surface area contributed by atoms with Crippen molar-refractivity contribution in [3.05, 3.63) is 69.4 Å². The Morgan fingerprint density at radius 1 is 1.14 bits per heavy atom. The van der Waals surface area contributed by atoms with Crippen molar-refractivity contribution in [2.75, 3.05) is 13.1 Å². The minimum Gasteiger partial charge on any atom is -0.328 e. The number of aromatic nitrogens is 3. The third-order valence-electron chi connectivity index (χ3n) is 5.68. The van der Waals surface area contributed by atoms with E-state index in [1.54, 1.807) is 11.3 Å². The maximum Gasteiger partial charge on any atom is 0.123 e. The van der Waals surface area contributed by atoms with Gasteiger partial charge in [-0.25, -0.2) is 14.4 Å². The molecule has 1 unspecified atom stereocenters. The lowest BCUT2D eigenvalue weighted by molar-refractivity contribution is 0.166. The van der Waals surface area contributed by atoms with E-state index >= 15 is 0 Å². The van der Waals surface area contributed by atoms with Gasteiger partial charge in [-0.2, -0.15) is 0 Å². The molecule has 1 saturated heterocycles. The molecular weight excluding hydrogens is 371 g/mol. The average molecular weight is 399 g/mol. The van der Waals surface area contributed by atoms with Gasteiger partial charge in [0.15, 0.2) is 0 Å². The quantitative estimate of drug-likeness (QED) is 0.609. The Labute approximate surface area is 170 Å². The Kier molecular flexibility index (Phi) is 5.87. The van der Waals surface area contributed by atoms with Gasteiger partial charge in [0.2, 0.25) is 0 Å². The summed E-state index contributed by atoms with van der Waals surface area (Å²) in [6.07, 6.45) is 5.44. The summed E-state index contributed by atoms with van der Waals surface area (Å²) < 4.78 is 15.5. The van der Waals surface area contributed by atoms with Gasteiger partial charge in [0.1, 0.15) is 11.6 Å². The van der Waals surface area contributed by atoms with Crippen LogP contribution >= 0.6 is 11.3 Å². The molecule has 1 aliphatic rings. The number of hydrogen-bond donors (Lipinski definition) is 0. The molecule has 1 fully saturated rings. The van der Waals surface area contributed by atoms with E-state index in [0.29, 0.717) is 5.92 Å². The second-order valence-electron chi connectivity index (χ2n) is 7.84. The fourth-order valence-electron chi connectivity index (χ4n) is 4.06. The summed E-state index contributed by atoms with van der Waals surface area (Å²) in [6, 6.07) is 6.78. The van der Waals surface area contributed by atoms with Crippen LogP contribution in [0, 0.1) is 25.6 Å². The molecule has 0 radical (unpaired) electrons. The van der Waals surface area contributed by atoms with E-state index in [9.17, 15) is 4.39 Å².